The lowest BCUT2D eigenvalue weighted by Crippen LogP contribution is -2.33. The zero-order chi connectivity index (χ0) is 19.5. The molecule has 2 aromatic carbocycles. The summed E-state index contributed by atoms with van der Waals surface area (Å²) in [6, 6.07) is 14.1. The summed E-state index contributed by atoms with van der Waals surface area (Å²) in [5.74, 6) is 1.18. The van der Waals surface area contributed by atoms with Gasteiger partial charge in [0.05, 0.1) is 24.1 Å². The molecule has 0 bridgehead atoms. The summed E-state index contributed by atoms with van der Waals surface area (Å²) in [4.78, 5) is 17.0. The van der Waals surface area contributed by atoms with E-state index >= 15 is 0 Å². The standard InChI is InChI=1S/C22H23N3O2S/c1-15-6-5-8-19(16(15)2)25-12-11-23-22(25)28-14-21(26)24-18-10-13-27-20-9-4-3-7-17(18)20/h3-9,11-12,18H,10,13-14H2,1-2H3,(H,24,26). The van der Waals surface area contributed by atoms with E-state index in [1.807, 2.05) is 41.1 Å². The van der Waals surface area contributed by atoms with Crippen LogP contribution in [-0.4, -0.2) is 27.8 Å². The summed E-state index contributed by atoms with van der Waals surface area (Å²) in [7, 11) is 0. The SMILES string of the molecule is Cc1cccc(-n2ccnc2SCC(=O)NC2CCOc3ccccc32)c1C. The first-order valence-electron chi connectivity index (χ1n) is 9.37. The number of fused-ring (bicyclic) bond motifs is 1. The number of para-hydroxylation sites is 1. The molecule has 0 fully saturated rings. The van der Waals surface area contributed by atoms with Crippen molar-refractivity contribution >= 4 is 17.7 Å². The number of benzene rings is 2. The van der Waals surface area contributed by atoms with E-state index in [4.69, 9.17) is 4.74 Å². The minimum Gasteiger partial charge on any atom is -0.493 e. The average molecular weight is 394 g/mol. The molecule has 6 heteroatoms. The highest BCUT2D eigenvalue weighted by molar-refractivity contribution is 7.99. The fourth-order valence-corrected chi connectivity index (χ4v) is 4.21. The van der Waals surface area contributed by atoms with E-state index in [0.717, 1.165) is 28.6 Å². The van der Waals surface area contributed by atoms with Crippen molar-refractivity contribution in [3.63, 3.8) is 0 Å². The third-order valence-corrected chi connectivity index (χ3v) is 6.04. The maximum Gasteiger partial charge on any atom is 0.230 e. The Hall–Kier alpha value is -2.73. The lowest BCUT2D eigenvalue weighted by Gasteiger charge is -2.26. The number of amides is 1. The summed E-state index contributed by atoms with van der Waals surface area (Å²) in [5.41, 5.74) is 4.59. The molecule has 1 atom stereocenters. The molecule has 0 saturated heterocycles. The number of thioether (sulfide) groups is 1. The zero-order valence-corrected chi connectivity index (χ0v) is 16.8. The van der Waals surface area contributed by atoms with Crippen LogP contribution in [0.2, 0.25) is 0 Å². The Bertz CT molecular complexity index is 999. The number of imidazole rings is 1. The van der Waals surface area contributed by atoms with Crippen LogP contribution in [0, 0.1) is 13.8 Å². The molecule has 144 valence electrons. The fourth-order valence-electron chi connectivity index (χ4n) is 3.43. The molecule has 0 aliphatic carbocycles. The number of hydrogen-bond acceptors (Lipinski definition) is 4. The van der Waals surface area contributed by atoms with Gasteiger partial charge in [-0.05, 0) is 37.1 Å². The summed E-state index contributed by atoms with van der Waals surface area (Å²) in [6.45, 7) is 4.82. The van der Waals surface area contributed by atoms with E-state index in [2.05, 4.69) is 36.3 Å². The molecule has 1 N–H and O–H groups in total. The smallest absolute Gasteiger partial charge is 0.230 e. The summed E-state index contributed by atoms with van der Waals surface area (Å²) in [6.07, 6.45) is 4.50. The van der Waals surface area contributed by atoms with Crippen LogP contribution in [-0.2, 0) is 4.79 Å². The van der Waals surface area contributed by atoms with Crippen LogP contribution < -0.4 is 10.1 Å². The number of hydrogen-bond donors (Lipinski definition) is 1. The van der Waals surface area contributed by atoms with E-state index in [0.29, 0.717) is 12.4 Å². The summed E-state index contributed by atoms with van der Waals surface area (Å²) < 4.78 is 7.72. The highest BCUT2D eigenvalue weighted by Crippen LogP contribution is 2.31. The van der Waals surface area contributed by atoms with Gasteiger partial charge in [0, 0.05) is 24.4 Å². The lowest BCUT2D eigenvalue weighted by atomic mass is 10.0. The molecule has 5 nitrogen and oxygen atoms in total. The Labute approximate surface area is 169 Å². The van der Waals surface area contributed by atoms with Crippen molar-refractivity contribution in [2.45, 2.75) is 31.5 Å². The number of aryl methyl sites for hydroxylation is 1. The van der Waals surface area contributed by atoms with E-state index in [-0.39, 0.29) is 11.9 Å². The maximum atomic E-state index is 12.6. The second-order valence-corrected chi connectivity index (χ2v) is 7.83. The van der Waals surface area contributed by atoms with Crippen molar-refractivity contribution in [3.8, 4) is 11.4 Å². The van der Waals surface area contributed by atoms with Gasteiger partial charge < -0.3 is 10.1 Å². The zero-order valence-electron chi connectivity index (χ0n) is 16.0. The molecule has 0 radical (unpaired) electrons. The van der Waals surface area contributed by atoms with Crippen LogP contribution >= 0.6 is 11.8 Å². The number of carbonyl (C=O) groups excluding carboxylic acids is 1. The highest BCUT2D eigenvalue weighted by Gasteiger charge is 2.22. The molecule has 2 heterocycles. The predicted molar refractivity (Wildman–Crippen MR) is 111 cm³/mol. The Morgan fingerprint density at radius 2 is 2.11 bits per heavy atom. The second kappa shape index (κ2) is 8.10. The third-order valence-electron chi connectivity index (χ3n) is 5.07. The third kappa shape index (κ3) is 3.78. The first-order chi connectivity index (χ1) is 13.6. The summed E-state index contributed by atoms with van der Waals surface area (Å²) in [5, 5.41) is 3.96. The van der Waals surface area contributed by atoms with Crippen LogP contribution in [0.5, 0.6) is 5.75 Å². The molecule has 1 aliphatic rings. The lowest BCUT2D eigenvalue weighted by molar-refractivity contribution is -0.119. The Morgan fingerprint density at radius 1 is 1.25 bits per heavy atom. The van der Waals surface area contributed by atoms with Crippen molar-refractivity contribution < 1.29 is 9.53 Å². The van der Waals surface area contributed by atoms with Crippen LogP contribution in [0.3, 0.4) is 0 Å². The monoisotopic (exact) mass is 393 g/mol. The first-order valence-corrected chi connectivity index (χ1v) is 10.4. The predicted octanol–water partition coefficient (Wildman–Crippen LogP) is 4.22. The van der Waals surface area contributed by atoms with Crippen molar-refractivity contribution in [1.29, 1.82) is 0 Å². The van der Waals surface area contributed by atoms with E-state index < -0.39 is 0 Å². The Balaban J connectivity index is 1.43. The van der Waals surface area contributed by atoms with Crippen LogP contribution in [0.15, 0.2) is 60.0 Å². The molecule has 1 aromatic heterocycles. The number of carbonyl (C=O) groups is 1. The molecule has 1 amide bonds. The average Bonchev–Trinajstić information content (AvgIpc) is 3.17. The van der Waals surface area contributed by atoms with Gasteiger partial charge in [-0.2, -0.15) is 0 Å². The number of nitrogens with one attached hydrogen (secondary N) is 1. The largest absolute Gasteiger partial charge is 0.493 e. The molecular formula is C22H23N3O2S. The minimum absolute atomic E-state index is 0.00205. The van der Waals surface area contributed by atoms with Crippen molar-refractivity contribution in [2.75, 3.05) is 12.4 Å². The minimum atomic E-state index is -0.00295. The van der Waals surface area contributed by atoms with Gasteiger partial charge in [0.2, 0.25) is 5.91 Å². The molecule has 0 saturated carbocycles. The number of nitrogens with zero attached hydrogens (tertiary/aromatic N) is 2. The van der Waals surface area contributed by atoms with Crippen LogP contribution in [0.25, 0.3) is 5.69 Å². The van der Waals surface area contributed by atoms with Gasteiger partial charge in [0.15, 0.2) is 5.16 Å². The Morgan fingerprint density at radius 3 is 3.00 bits per heavy atom. The normalized spacial score (nSPS) is 15.6. The first kappa shape index (κ1) is 18.6. The van der Waals surface area contributed by atoms with Gasteiger partial charge in [0.25, 0.3) is 0 Å². The van der Waals surface area contributed by atoms with Crippen LogP contribution in [0.4, 0.5) is 0 Å². The van der Waals surface area contributed by atoms with Gasteiger partial charge in [-0.15, -0.1) is 0 Å². The van der Waals surface area contributed by atoms with E-state index in [1.54, 1.807) is 6.20 Å². The van der Waals surface area contributed by atoms with E-state index in [1.165, 1.54) is 22.9 Å². The van der Waals surface area contributed by atoms with Crippen LogP contribution in [0.1, 0.15) is 29.2 Å². The molecule has 1 unspecified atom stereocenters. The molecule has 28 heavy (non-hydrogen) atoms. The number of aromatic nitrogens is 2. The van der Waals surface area contributed by atoms with Crippen molar-refractivity contribution in [2.24, 2.45) is 0 Å². The number of ether oxygens (including phenoxy) is 1. The van der Waals surface area contributed by atoms with Gasteiger partial charge in [-0.1, -0.05) is 42.1 Å². The van der Waals surface area contributed by atoms with Crippen molar-refractivity contribution in [3.05, 3.63) is 71.5 Å². The van der Waals surface area contributed by atoms with E-state index in [9.17, 15) is 4.79 Å². The fraction of sp³-hybridized carbons (Fsp3) is 0.273. The molecule has 4 rings (SSSR count). The van der Waals surface area contributed by atoms with Crippen molar-refractivity contribution in [1.82, 2.24) is 14.9 Å². The molecule has 3 aromatic rings. The topological polar surface area (TPSA) is 56.2 Å². The number of rotatable bonds is 5. The van der Waals surface area contributed by atoms with Gasteiger partial charge >= 0.3 is 0 Å². The van der Waals surface area contributed by atoms with Gasteiger partial charge in [-0.25, -0.2) is 4.98 Å². The molecule has 0 spiro atoms. The Kier molecular flexibility index (Phi) is 5.39. The maximum absolute atomic E-state index is 12.6. The van der Waals surface area contributed by atoms with Gasteiger partial charge in [-0.3, -0.25) is 9.36 Å². The quantitative estimate of drug-likeness (QED) is 0.660. The second-order valence-electron chi connectivity index (χ2n) is 6.88. The highest BCUT2D eigenvalue weighted by atomic mass is 32.2. The van der Waals surface area contributed by atoms with Gasteiger partial charge in [0.1, 0.15) is 5.75 Å². The summed E-state index contributed by atoms with van der Waals surface area (Å²) >= 11 is 1.45. The molecule has 1 aliphatic heterocycles. The molecular weight excluding hydrogens is 370 g/mol.